The maximum atomic E-state index is 12.7. The number of likely N-dealkylation sites (tertiary alicyclic amines) is 1. The van der Waals surface area contributed by atoms with Crippen molar-refractivity contribution in [1.82, 2.24) is 4.90 Å². The first-order chi connectivity index (χ1) is 11.1. The van der Waals surface area contributed by atoms with Crippen LogP contribution in [0.4, 0.5) is 0 Å². The van der Waals surface area contributed by atoms with Crippen molar-refractivity contribution in [3.05, 3.63) is 71.8 Å². The van der Waals surface area contributed by atoms with E-state index in [1.54, 1.807) is 0 Å². The van der Waals surface area contributed by atoms with E-state index in [2.05, 4.69) is 15.9 Å². The molecule has 1 amide bonds. The zero-order valence-electron chi connectivity index (χ0n) is 12.7. The Hall–Kier alpha value is -1.94. The van der Waals surface area contributed by atoms with Crippen LogP contribution in [0.15, 0.2) is 60.7 Å². The van der Waals surface area contributed by atoms with Crippen LogP contribution in [0.5, 0.6) is 0 Å². The van der Waals surface area contributed by atoms with Crippen LogP contribution in [-0.4, -0.2) is 34.0 Å². The van der Waals surface area contributed by atoms with Gasteiger partial charge in [-0.15, -0.1) is 0 Å². The summed E-state index contributed by atoms with van der Waals surface area (Å²) in [6.45, 7) is 1.16. The zero-order valence-corrected chi connectivity index (χ0v) is 14.3. The second kappa shape index (κ2) is 6.67. The first-order valence-corrected chi connectivity index (χ1v) is 8.52. The van der Waals surface area contributed by atoms with Crippen LogP contribution in [-0.2, 0) is 0 Å². The standard InChI is InChI=1S/C19H18BrNO2/c20-19(17(22)15-7-3-1-4-8-15)11-13-21(14-12-19)18(23)16-9-5-2-6-10-16/h1-10H,11-14H2. The quantitative estimate of drug-likeness (QED) is 0.605. The number of halogens is 1. The number of nitrogens with zero attached hydrogens (tertiary/aromatic N) is 1. The third-order valence-electron chi connectivity index (χ3n) is 4.31. The number of carbonyl (C=O) groups is 2. The Morgan fingerprint density at radius 1 is 0.826 bits per heavy atom. The molecule has 3 rings (SSSR count). The summed E-state index contributed by atoms with van der Waals surface area (Å²) in [7, 11) is 0. The number of Topliss-reactive ketones (excluding diaryl/α,β-unsaturated/α-hetero) is 1. The van der Waals surface area contributed by atoms with Crippen LogP contribution in [0.1, 0.15) is 33.6 Å². The minimum absolute atomic E-state index is 0.0345. The van der Waals surface area contributed by atoms with Gasteiger partial charge >= 0.3 is 0 Å². The van der Waals surface area contributed by atoms with Crippen molar-refractivity contribution in [3.63, 3.8) is 0 Å². The van der Waals surface area contributed by atoms with Crippen LogP contribution in [0.2, 0.25) is 0 Å². The highest BCUT2D eigenvalue weighted by Crippen LogP contribution is 2.35. The molecule has 0 aromatic heterocycles. The van der Waals surface area contributed by atoms with E-state index in [1.807, 2.05) is 65.6 Å². The first-order valence-electron chi connectivity index (χ1n) is 7.73. The number of piperidine rings is 1. The highest BCUT2D eigenvalue weighted by atomic mass is 79.9. The Morgan fingerprint density at radius 3 is 1.83 bits per heavy atom. The van der Waals surface area contributed by atoms with Crippen LogP contribution < -0.4 is 0 Å². The van der Waals surface area contributed by atoms with Crippen molar-refractivity contribution in [2.75, 3.05) is 13.1 Å². The Morgan fingerprint density at radius 2 is 1.30 bits per heavy atom. The van der Waals surface area contributed by atoms with E-state index in [9.17, 15) is 9.59 Å². The average Bonchev–Trinajstić information content (AvgIpc) is 2.62. The molecule has 0 atom stereocenters. The number of hydrogen-bond acceptors (Lipinski definition) is 2. The lowest BCUT2D eigenvalue weighted by atomic mass is 9.88. The molecule has 3 nitrogen and oxygen atoms in total. The topological polar surface area (TPSA) is 37.4 Å². The molecule has 0 saturated carbocycles. The molecule has 4 heteroatoms. The fourth-order valence-electron chi connectivity index (χ4n) is 2.90. The lowest BCUT2D eigenvalue weighted by Crippen LogP contribution is -2.47. The SMILES string of the molecule is O=C(c1ccccc1)N1CCC(Br)(C(=O)c2ccccc2)CC1. The molecule has 0 aliphatic carbocycles. The summed E-state index contributed by atoms with van der Waals surface area (Å²) in [5.41, 5.74) is 1.41. The van der Waals surface area contributed by atoms with E-state index in [0.29, 0.717) is 37.1 Å². The van der Waals surface area contributed by atoms with Crippen LogP contribution >= 0.6 is 15.9 Å². The molecule has 0 unspecified atom stereocenters. The highest BCUT2D eigenvalue weighted by Gasteiger charge is 2.40. The van der Waals surface area contributed by atoms with Crippen molar-refractivity contribution in [3.8, 4) is 0 Å². The summed E-state index contributed by atoms with van der Waals surface area (Å²) in [5, 5.41) is 0. The lowest BCUT2D eigenvalue weighted by molar-refractivity contribution is 0.0676. The predicted octanol–water partition coefficient (Wildman–Crippen LogP) is 3.94. The number of benzene rings is 2. The van der Waals surface area contributed by atoms with Gasteiger partial charge in [0.25, 0.3) is 5.91 Å². The number of rotatable bonds is 3. The monoisotopic (exact) mass is 371 g/mol. The number of amides is 1. The number of ketones is 1. The van der Waals surface area contributed by atoms with E-state index in [-0.39, 0.29) is 11.7 Å². The maximum Gasteiger partial charge on any atom is 0.253 e. The van der Waals surface area contributed by atoms with Gasteiger partial charge in [0.15, 0.2) is 5.78 Å². The van der Waals surface area contributed by atoms with E-state index in [1.165, 1.54) is 0 Å². The molecule has 2 aromatic rings. The van der Waals surface area contributed by atoms with Crippen molar-refractivity contribution < 1.29 is 9.59 Å². The van der Waals surface area contributed by atoms with Gasteiger partial charge in [-0.05, 0) is 25.0 Å². The third kappa shape index (κ3) is 3.37. The van der Waals surface area contributed by atoms with Gasteiger partial charge in [-0.1, -0.05) is 64.5 Å². The van der Waals surface area contributed by atoms with Gasteiger partial charge in [0, 0.05) is 24.2 Å². The molecule has 1 saturated heterocycles. The van der Waals surface area contributed by atoms with Crippen molar-refractivity contribution >= 4 is 27.6 Å². The largest absolute Gasteiger partial charge is 0.339 e. The minimum Gasteiger partial charge on any atom is -0.339 e. The summed E-state index contributed by atoms with van der Waals surface area (Å²) in [5.74, 6) is 0.136. The lowest BCUT2D eigenvalue weighted by Gasteiger charge is -2.37. The molecule has 0 bridgehead atoms. The van der Waals surface area contributed by atoms with Crippen LogP contribution in [0.3, 0.4) is 0 Å². The molecular formula is C19H18BrNO2. The van der Waals surface area contributed by atoms with Gasteiger partial charge in [0.05, 0.1) is 4.32 Å². The van der Waals surface area contributed by atoms with Gasteiger partial charge in [0.1, 0.15) is 0 Å². The first kappa shape index (κ1) is 15.9. The number of alkyl halides is 1. The molecule has 1 heterocycles. The molecule has 1 fully saturated rings. The molecule has 0 spiro atoms. The average molecular weight is 372 g/mol. The molecule has 0 N–H and O–H groups in total. The van der Waals surface area contributed by atoms with Crippen molar-refractivity contribution in [2.45, 2.75) is 17.2 Å². The van der Waals surface area contributed by atoms with E-state index in [0.717, 1.165) is 0 Å². The van der Waals surface area contributed by atoms with Crippen LogP contribution in [0, 0.1) is 0 Å². The van der Waals surface area contributed by atoms with Gasteiger partial charge in [0.2, 0.25) is 0 Å². The summed E-state index contributed by atoms with van der Waals surface area (Å²) in [6, 6.07) is 18.6. The summed E-state index contributed by atoms with van der Waals surface area (Å²) in [4.78, 5) is 27.0. The highest BCUT2D eigenvalue weighted by molar-refractivity contribution is 9.10. The fraction of sp³-hybridized carbons (Fsp3) is 0.263. The van der Waals surface area contributed by atoms with Gasteiger partial charge < -0.3 is 4.90 Å². The van der Waals surface area contributed by atoms with Crippen molar-refractivity contribution in [2.24, 2.45) is 0 Å². The third-order valence-corrected chi connectivity index (χ3v) is 5.46. The molecule has 1 aliphatic rings. The van der Waals surface area contributed by atoms with E-state index < -0.39 is 4.32 Å². The summed E-state index contributed by atoms with van der Waals surface area (Å²) in [6.07, 6.45) is 1.25. The molecule has 118 valence electrons. The Bertz CT molecular complexity index is 692. The zero-order chi connectivity index (χ0) is 16.3. The Labute approximate surface area is 144 Å². The molecule has 0 radical (unpaired) electrons. The van der Waals surface area contributed by atoms with Gasteiger partial charge in [-0.25, -0.2) is 0 Å². The smallest absolute Gasteiger partial charge is 0.253 e. The van der Waals surface area contributed by atoms with E-state index in [4.69, 9.17) is 0 Å². The second-order valence-corrected chi connectivity index (χ2v) is 7.34. The maximum absolute atomic E-state index is 12.7. The Kier molecular flexibility index (Phi) is 4.62. The Balaban J connectivity index is 1.68. The van der Waals surface area contributed by atoms with Gasteiger partial charge in [-0.3, -0.25) is 9.59 Å². The van der Waals surface area contributed by atoms with E-state index >= 15 is 0 Å². The summed E-state index contributed by atoms with van der Waals surface area (Å²) < 4.78 is -0.568. The second-order valence-electron chi connectivity index (χ2n) is 5.82. The van der Waals surface area contributed by atoms with Gasteiger partial charge in [-0.2, -0.15) is 0 Å². The number of carbonyl (C=O) groups excluding carboxylic acids is 2. The predicted molar refractivity (Wildman–Crippen MR) is 94.0 cm³/mol. The molecule has 23 heavy (non-hydrogen) atoms. The van der Waals surface area contributed by atoms with Crippen LogP contribution in [0.25, 0.3) is 0 Å². The molecule has 2 aromatic carbocycles. The molecule has 1 aliphatic heterocycles. The molecular weight excluding hydrogens is 354 g/mol. The number of hydrogen-bond donors (Lipinski definition) is 0. The minimum atomic E-state index is -0.568. The van der Waals surface area contributed by atoms with Crippen molar-refractivity contribution in [1.29, 1.82) is 0 Å². The summed E-state index contributed by atoms with van der Waals surface area (Å²) >= 11 is 3.64. The normalized spacial score (nSPS) is 16.8. The fourth-order valence-corrected chi connectivity index (χ4v) is 3.49.